The van der Waals surface area contributed by atoms with Crippen LogP contribution in [0.4, 0.5) is 4.79 Å². The largest absolute Gasteiger partial charge is 0.444 e. The molecule has 0 aromatic rings. The minimum Gasteiger partial charge on any atom is -0.444 e. The number of hydrogen-bond donors (Lipinski definition) is 1. The van der Waals surface area contributed by atoms with Crippen LogP contribution in [0.1, 0.15) is 98.3 Å². The average Bonchev–Trinajstić information content (AvgIpc) is 3.47. The Bertz CT molecular complexity index is 1180. The van der Waals surface area contributed by atoms with Crippen LogP contribution in [-0.2, 0) is 52.8 Å². The number of hydrogen-bond acceptors (Lipinski definition) is 12. The third-order valence-corrected chi connectivity index (χ3v) is 6.83. The minimum absolute atomic E-state index is 0.0186. The van der Waals surface area contributed by atoms with E-state index in [1.807, 2.05) is 6.92 Å². The Morgan fingerprint density at radius 1 is 0.660 bits per heavy atom. The summed E-state index contributed by atoms with van der Waals surface area (Å²) in [5, 5.41) is 3.48. The molecule has 7 amide bonds. The second-order valence-corrected chi connectivity index (χ2v) is 12.0. The molecule has 2 aliphatic rings. The van der Waals surface area contributed by atoms with Gasteiger partial charge >= 0.3 is 18.0 Å². The van der Waals surface area contributed by atoms with Crippen molar-refractivity contribution in [2.75, 3.05) is 32.7 Å². The lowest BCUT2D eigenvalue weighted by Crippen LogP contribution is -2.44. The van der Waals surface area contributed by atoms with E-state index >= 15 is 0 Å². The van der Waals surface area contributed by atoms with Gasteiger partial charge in [-0.3, -0.25) is 28.8 Å². The second kappa shape index (κ2) is 18.5. The summed E-state index contributed by atoms with van der Waals surface area (Å²) in [7, 11) is 0. The fourth-order valence-electron chi connectivity index (χ4n) is 4.54. The molecule has 0 aliphatic carbocycles. The predicted molar refractivity (Wildman–Crippen MR) is 160 cm³/mol. The quantitative estimate of drug-likeness (QED) is 0.204. The molecule has 262 valence electrons. The van der Waals surface area contributed by atoms with Gasteiger partial charge in [0.2, 0.25) is 11.8 Å². The number of carbonyl (C=O) groups excluding carboxylic acids is 9. The average molecular weight is 668 g/mol. The monoisotopic (exact) mass is 667 g/mol. The molecule has 47 heavy (non-hydrogen) atoms. The number of imide groups is 2. The Hall–Kier alpha value is -4.57. The van der Waals surface area contributed by atoms with Crippen molar-refractivity contribution in [3.63, 3.8) is 0 Å². The number of rotatable bonds is 18. The van der Waals surface area contributed by atoms with Gasteiger partial charge in [0, 0.05) is 84.1 Å². The van der Waals surface area contributed by atoms with Crippen molar-refractivity contribution >= 4 is 53.5 Å². The molecule has 2 rings (SSSR count). The molecule has 2 aliphatic heterocycles. The maximum Gasteiger partial charge on any atom is 0.407 e. The molecule has 17 heteroatoms. The lowest BCUT2D eigenvalue weighted by atomic mass is 10.2. The zero-order valence-corrected chi connectivity index (χ0v) is 27.5. The van der Waals surface area contributed by atoms with E-state index in [9.17, 15) is 43.2 Å². The first-order valence-corrected chi connectivity index (χ1v) is 15.8. The van der Waals surface area contributed by atoms with Crippen molar-refractivity contribution in [3.8, 4) is 0 Å². The summed E-state index contributed by atoms with van der Waals surface area (Å²) in [5.74, 6) is -4.68. The maximum absolute atomic E-state index is 13.2. The summed E-state index contributed by atoms with van der Waals surface area (Å²) < 4.78 is 5.23. The van der Waals surface area contributed by atoms with E-state index in [0.29, 0.717) is 23.1 Å². The summed E-state index contributed by atoms with van der Waals surface area (Å²) >= 11 is 0. The molecule has 0 unspecified atom stereocenters. The van der Waals surface area contributed by atoms with Crippen molar-refractivity contribution in [1.29, 1.82) is 0 Å². The molecule has 0 saturated carbocycles. The molecule has 0 radical (unpaired) electrons. The van der Waals surface area contributed by atoms with Crippen LogP contribution < -0.4 is 5.32 Å². The number of nitrogens with zero attached hydrogens (tertiary/aromatic N) is 4. The molecule has 0 aromatic heterocycles. The van der Waals surface area contributed by atoms with E-state index < -0.39 is 47.3 Å². The summed E-state index contributed by atoms with van der Waals surface area (Å²) in [6.07, 6.45) is -0.524. The molecule has 2 saturated heterocycles. The van der Waals surface area contributed by atoms with Crippen LogP contribution in [0.2, 0.25) is 0 Å². The first-order chi connectivity index (χ1) is 22.1. The Morgan fingerprint density at radius 2 is 1.06 bits per heavy atom. The molecule has 0 aromatic carbocycles. The summed E-state index contributed by atoms with van der Waals surface area (Å²) in [4.78, 5) is 122. The molecule has 1 N–H and O–H groups in total. The zero-order valence-electron chi connectivity index (χ0n) is 27.5. The van der Waals surface area contributed by atoms with Crippen molar-refractivity contribution in [1.82, 2.24) is 25.2 Å². The van der Waals surface area contributed by atoms with Gasteiger partial charge in [0.15, 0.2) is 0 Å². The smallest absolute Gasteiger partial charge is 0.407 e. The van der Waals surface area contributed by atoms with E-state index in [1.54, 1.807) is 25.7 Å². The molecule has 17 nitrogen and oxygen atoms in total. The molecule has 0 bridgehead atoms. The Kier molecular flexibility index (Phi) is 15.2. The second-order valence-electron chi connectivity index (χ2n) is 12.0. The van der Waals surface area contributed by atoms with Crippen molar-refractivity contribution in [2.24, 2.45) is 0 Å². The molecular formula is C30H45N5O12. The highest BCUT2D eigenvalue weighted by Gasteiger charge is 2.34. The number of nitrogens with one attached hydrogen (secondary N) is 1. The topological polar surface area (TPSA) is 206 Å². The lowest BCUT2D eigenvalue weighted by Gasteiger charge is -2.28. The van der Waals surface area contributed by atoms with Gasteiger partial charge in [0.25, 0.3) is 23.6 Å². The van der Waals surface area contributed by atoms with Gasteiger partial charge in [-0.15, -0.1) is 10.1 Å². The summed E-state index contributed by atoms with van der Waals surface area (Å²) in [5.41, 5.74) is -0.723. The number of alkyl carbamates (subject to hydrolysis) is 1. The van der Waals surface area contributed by atoms with Gasteiger partial charge in [-0.2, -0.15) is 0 Å². The van der Waals surface area contributed by atoms with Crippen LogP contribution in [0.5, 0.6) is 0 Å². The number of hydroxylamine groups is 4. The van der Waals surface area contributed by atoms with Gasteiger partial charge in [-0.25, -0.2) is 14.4 Å². The highest BCUT2D eigenvalue weighted by Crippen LogP contribution is 2.15. The first-order valence-electron chi connectivity index (χ1n) is 15.8. The Morgan fingerprint density at radius 3 is 1.45 bits per heavy atom. The van der Waals surface area contributed by atoms with Crippen molar-refractivity contribution in [2.45, 2.75) is 104 Å². The molecule has 2 heterocycles. The van der Waals surface area contributed by atoms with Crippen molar-refractivity contribution in [3.05, 3.63) is 0 Å². The van der Waals surface area contributed by atoms with Crippen LogP contribution in [0.3, 0.4) is 0 Å². The number of amides is 7. The van der Waals surface area contributed by atoms with Crippen LogP contribution in [-0.4, -0.2) is 112 Å². The fraction of sp³-hybridized carbons (Fsp3) is 0.700. The molecule has 0 spiro atoms. The first kappa shape index (κ1) is 38.6. The molecular weight excluding hydrogens is 622 g/mol. The predicted octanol–water partition coefficient (Wildman–Crippen LogP) is 1.13. The SMILES string of the molecule is CCCN(CCN(CCNC(=O)OC(C)(C)C)C(=O)CCCC(=O)ON1C(=O)CCC1=O)C(=O)CCCC(=O)ON1C(=O)CCC1=O. The van der Waals surface area contributed by atoms with E-state index in [2.05, 4.69) is 5.32 Å². The number of carbonyl (C=O) groups is 9. The normalized spacial score (nSPS) is 14.7. The van der Waals surface area contributed by atoms with Gasteiger partial charge in [0.1, 0.15) is 5.60 Å². The van der Waals surface area contributed by atoms with Gasteiger partial charge in [0.05, 0.1) is 0 Å². The fourth-order valence-corrected chi connectivity index (χ4v) is 4.54. The van der Waals surface area contributed by atoms with E-state index in [-0.39, 0.29) is 102 Å². The summed E-state index contributed by atoms with van der Waals surface area (Å²) in [6.45, 7) is 7.75. The highest BCUT2D eigenvalue weighted by molar-refractivity contribution is 6.02. The third kappa shape index (κ3) is 13.8. The Balaban J connectivity index is 1.91. The lowest BCUT2D eigenvalue weighted by molar-refractivity contribution is -0.197. The standard InChI is InChI=1S/C30H45N5O12/c1-5-17-32(21(36)8-6-10-27(42)46-34-23(38)12-13-24(34)39)19-20-33(18-16-31-29(44)45-30(2,3)4)22(37)9-7-11-28(43)47-35-25(40)14-15-26(35)41/h5-20H2,1-4H3,(H,31,44). The highest BCUT2D eigenvalue weighted by atomic mass is 16.7. The van der Waals surface area contributed by atoms with Gasteiger partial charge < -0.3 is 29.5 Å². The maximum atomic E-state index is 13.2. The van der Waals surface area contributed by atoms with Crippen LogP contribution in [0.15, 0.2) is 0 Å². The van der Waals surface area contributed by atoms with Gasteiger partial charge in [-0.1, -0.05) is 6.92 Å². The minimum atomic E-state index is -0.832. The van der Waals surface area contributed by atoms with Crippen molar-refractivity contribution < 1.29 is 57.6 Å². The van der Waals surface area contributed by atoms with Gasteiger partial charge in [-0.05, 0) is 40.0 Å². The third-order valence-electron chi connectivity index (χ3n) is 6.83. The van der Waals surface area contributed by atoms with E-state index in [1.165, 1.54) is 4.90 Å². The van der Waals surface area contributed by atoms with Crippen LogP contribution >= 0.6 is 0 Å². The van der Waals surface area contributed by atoms with Crippen LogP contribution in [0, 0.1) is 0 Å². The summed E-state index contributed by atoms with van der Waals surface area (Å²) in [6, 6.07) is 0. The Labute approximate surface area is 273 Å². The molecule has 0 atom stereocenters. The van der Waals surface area contributed by atoms with Crippen LogP contribution in [0.25, 0.3) is 0 Å². The number of ether oxygens (including phenoxy) is 1. The zero-order chi connectivity index (χ0) is 35.1. The van der Waals surface area contributed by atoms with E-state index in [4.69, 9.17) is 14.4 Å². The molecule has 2 fully saturated rings. The van der Waals surface area contributed by atoms with E-state index in [0.717, 1.165) is 0 Å².